The molecule has 1 N–H and O–H groups in total. The Morgan fingerprint density at radius 1 is 1.24 bits per heavy atom. The van der Waals surface area contributed by atoms with E-state index in [-0.39, 0.29) is 11.8 Å². The van der Waals surface area contributed by atoms with Crippen molar-refractivity contribution in [1.82, 2.24) is 25.0 Å². The van der Waals surface area contributed by atoms with Crippen molar-refractivity contribution in [3.8, 4) is 11.5 Å². The van der Waals surface area contributed by atoms with Gasteiger partial charge in [0.05, 0.1) is 19.6 Å². The van der Waals surface area contributed by atoms with Gasteiger partial charge in [-0.3, -0.25) is 4.79 Å². The molecular weight excluding hydrogens is 370 g/mol. The Morgan fingerprint density at radius 2 is 2.10 bits per heavy atom. The topological polar surface area (TPSA) is 81.5 Å². The third kappa shape index (κ3) is 3.46. The smallest absolute Gasteiger partial charge is 0.229 e. The van der Waals surface area contributed by atoms with Gasteiger partial charge in [0, 0.05) is 32.1 Å². The summed E-state index contributed by atoms with van der Waals surface area (Å²) in [5.41, 5.74) is 1.05. The standard InChI is InChI=1S/C21H27N5O3/c1-28-17-2-3-18-15(11-17)10-16(13-29-18)21(27)25-7-4-14(5-8-25)20-24-23-19-12-22-6-9-26(19)20/h2-3,11,14,16,22H,4-10,12-13H2,1H3. The van der Waals surface area contributed by atoms with E-state index < -0.39 is 0 Å². The van der Waals surface area contributed by atoms with E-state index in [0.717, 1.165) is 74.3 Å². The van der Waals surface area contributed by atoms with E-state index in [1.165, 1.54) is 0 Å². The Hall–Kier alpha value is -2.61. The number of hydrogen-bond acceptors (Lipinski definition) is 6. The van der Waals surface area contributed by atoms with E-state index in [0.29, 0.717) is 18.9 Å². The molecule has 3 aliphatic heterocycles. The first kappa shape index (κ1) is 18.4. The monoisotopic (exact) mass is 397 g/mol. The van der Waals surface area contributed by atoms with Crippen LogP contribution in [0.3, 0.4) is 0 Å². The number of nitrogens with zero attached hydrogens (tertiary/aromatic N) is 4. The van der Waals surface area contributed by atoms with Crippen molar-refractivity contribution >= 4 is 5.91 Å². The lowest BCUT2D eigenvalue weighted by Crippen LogP contribution is -2.44. The van der Waals surface area contributed by atoms with Crippen LogP contribution in [0.15, 0.2) is 18.2 Å². The zero-order valence-corrected chi connectivity index (χ0v) is 16.8. The van der Waals surface area contributed by atoms with Gasteiger partial charge in [-0.05, 0) is 43.0 Å². The van der Waals surface area contributed by atoms with Crippen LogP contribution < -0.4 is 14.8 Å². The van der Waals surface area contributed by atoms with Gasteiger partial charge < -0.3 is 24.3 Å². The second-order valence-electron chi connectivity index (χ2n) is 8.09. The first-order chi connectivity index (χ1) is 14.2. The number of benzene rings is 1. The number of rotatable bonds is 3. The van der Waals surface area contributed by atoms with Crippen molar-refractivity contribution in [3.05, 3.63) is 35.4 Å². The molecule has 0 aliphatic carbocycles. The van der Waals surface area contributed by atoms with Crippen LogP contribution >= 0.6 is 0 Å². The van der Waals surface area contributed by atoms with Crippen molar-refractivity contribution < 1.29 is 14.3 Å². The van der Waals surface area contributed by atoms with E-state index in [9.17, 15) is 4.79 Å². The zero-order valence-electron chi connectivity index (χ0n) is 16.8. The number of ether oxygens (including phenoxy) is 2. The van der Waals surface area contributed by atoms with Gasteiger partial charge in [-0.25, -0.2) is 0 Å². The SMILES string of the molecule is COc1ccc2c(c1)CC(C(=O)N1CCC(c3nnc4n3CCNC4)CC1)CO2. The van der Waals surface area contributed by atoms with Gasteiger partial charge in [0.25, 0.3) is 0 Å². The summed E-state index contributed by atoms with van der Waals surface area (Å²) in [6.45, 7) is 4.67. The number of carbonyl (C=O) groups is 1. The third-order valence-electron chi connectivity index (χ3n) is 6.35. The predicted molar refractivity (Wildman–Crippen MR) is 106 cm³/mol. The molecule has 2 aromatic rings. The largest absolute Gasteiger partial charge is 0.497 e. The minimum absolute atomic E-state index is 0.127. The van der Waals surface area contributed by atoms with Gasteiger partial charge in [-0.2, -0.15) is 0 Å². The minimum atomic E-state index is -0.127. The van der Waals surface area contributed by atoms with Crippen LogP contribution in [-0.2, 0) is 24.3 Å². The molecule has 8 heteroatoms. The summed E-state index contributed by atoms with van der Waals surface area (Å²) in [5, 5.41) is 12.1. The van der Waals surface area contributed by atoms with Crippen LogP contribution in [-0.4, -0.2) is 58.9 Å². The summed E-state index contributed by atoms with van der Waals surface area (Å²) >= 11 is 0. The summed E-state index contributed by atoms with van der Waals surface area (Å²) < 4.78 is 13.4. The second kappa shape index (κ2) is 7.67. The molecule has 1 saturated heterocycles. The molecule has 154 valence electrons. The molecule has 1 aromatic heterocycles. The predicted octanol–water partition coefficient (Wildman–Crippen LogP) is 1.35. The van der Waals surface area contributed by atoms with E-state index in [1.54, 1.807) is 7.11 Å². The summed E-state index contributed by atoms with van der Waals surface area (Å²) in [6, 6.07) is 5.80. The van der Waals surface area contributed by atoms with Crippen LogP contribution in [0.4, 0.5) is 0 Å². The van der Waals surface area contributed by atoms with Crippen molar-refractivity contribution in [2.24, 2.45) is 5.92 Å². The average Bonchev–Trinajstić information content (AvgIpc) is 3.22. The quantitative estimate of drug-likeness (QED) is 0.842. The fraction of sp³-hybridized carbons (Fsp3) is 0.571. The van der Waals surface area contributed by atoms with Crippen LogP contribution in [0, 0.1) is 5.92 Å². The molecule has 1 aromatic carbocycles. The Labute approximate surface area is 170 Å². The zero-order chi connectivity index (χ0) is 19.8. The number of hydrogen-bond donors (Lipinski definition) is 1. The van der Waals surface area contributed by atoms with Gasteiger partial charge in [-0.15, -0.1) is 10.2 Å². The highest BCUT2D eigenvalue weighted by Crippen LogP contribution is 2.33. The highest BCUT2D eigenvalue weighted by atomic mass is 16.5. The molecular formula is C21H27N5O3. The van der Waals surface area contributed by atoms with E-state index >= 15 is 0 Å². The number of amides is 1. The first-order valence-corrected chi connectivity index (χ1v) is 10.4. The average molecular weight is 397 g/mol. The molecule has 4 heterocycles. The Kier molecular flexibility index (Phi) is 4.87. The first-order valence-electron chi connectivity index (χ1n) is 10.4. The van der Waals surface area contributed by atoms with Crippen LogP contribution in [0.2, 0.25) is 0 Å². The number of aromatic nitrogens is 3. The van der Waals surface area contributed by atoms with Crippen molar-refractivity contribution in [2.45, 2.75) is 38.3 Å². The fourth-order valence-corrected chi connectivity index (χ4v) is 4.69. The Bertz CT molecular complexity index is 904. The summed E-state index contributed by atoms with van der Waals surface area (Å²) in [5.74, 6) is 4.23. The van der Waals surface area contributed by atoms with Gasteiger partial charge in [-0.1, -0.05) is 0 Å². The van der Waals surface area contributed by atoms with Crippen LogP contribution in [0.5, 0.6) is 11.5 Å². The molecule has 0 saturated carbocycles. The molecule has 1 unspecified atom stereocenters. The number of methoxy groups -OCH3 is 1. The molecule has 0 bridgehead atoms. The lowest BCUT2D eigenvalue weighted by molar-refractivity contribution is -0.138. The molecule has 1 fully saturated rings. The van der Waals surface area contributed by atoms with Crippen molar-refractivity contribution in [3.63, 3.8) is 0 Å². The second-order valence-corrected chi connectivity index (χ2v) is 8.09. The van der Waals surface area contributed by atoms with Gasteiger partial charge in [0.1, 0.15) is 29.8 Å². The third-order valence-corrected chi connectivity index (χ3v) is 6.35. The maximum atomic E-state index is 13.1. The van der Waals surface area contributed by atoms with Gasteiger partial charge in [0.15, 0.2) is 0 Å². The van der Waals surface area contributed by atoms with Crippen LogP contribution in [0.25, 0.3) is 0 Å². The Morgan fingerprint density at radius 3 is 2.93 bits per heavy atom. The maximum absolute atomic E-state index is 13.1. The number of carbonyl (C=O) groups excluding carboxylic acids is 1. The van der Waals surface area contributed by atoms with Crippen molar-refractivity contribution in [1.29, 1.82) is 0 Å². The Balaban J connectivity index is 1.22. The molecule has 0 radical (unpaired) electrons. The van der Waals surface area contributed by atoms with Crippen molar-refractivity contribution in [2.75, 3.05) is 33.4 Å². The van der Waals surface area contributed by atoms with Gasteiger partial charge in [0.2, 0.25) is 5.91 Å². The maximum Gasteiger partial charge on any atom is 0.229 e. The van der Waals surface area contributed by atoms with E-state index in [1.807, 2.05) is 23.1 Å². The molecule has 3 aliphatic rings. The summed E-state index contributed by atoms with van der Waals surface area (Å²) in [6.07, 6.45) is 2.58. The molecule has 5 rings (SSSR count). The normalized spacial score (nSPS) is 21.8. The van der Waals surface area contributed by atoms with E-state index in [2.05, 4.69) is 20.1 Å². The lowest BCUT2D eigenvalue weighted by Gasteiger charge is -2.35. The molecule has 1 atom stereocenters. The number of piperidine rings is 1. The molecule has 0 spiro atoms. The lowest BCUT2D eigenvalue weighted by atomic mass is 9.92. The van der Waals surface area contributed by atoms with Crippen LogP contribution in [0.1, 0.15) is 36.0 Å². The molecule has 29 heavy (non-hydrogen) atoms. The number of likely N-dealkylation sites (tertiary alicyclic amines) is 1. The highest BCUT2D eigenvalue weighted by molar-refractivity contribution is 5.80. The fourth-order valence-electron chi connectivity index (χ4n) is 4.69. The van der Waals surface area contributed by atoms with E-state index in [4.69, 9.17) is 9.47 Å². The highest BCUT2D eigenvalue weighted by Gasteiger charge is 2.33. The summed E-state index contributed by atoms with van der Waals surface area (Å²) in [4.78, 5) is 15.1. The minimum Gasteiger partial charge on any atom is -0.497 e. The number of nitrogens with one attached hydrogen (secondary N) is 1. The molecule has 1 amide bonds. The molecule has 8 nitrogen and oxygen atoms in total. The van der Waals surface area contributed by atoms with Gasteiger partial charge >= 0.3 is 0 Å². The summed E-state index contributed by atoms with van der Waals surface area (Å²) in [7, 11) is 1.65. The number of fused-ring (bicyclic) bond motifs is 2.